The molecule has 0 aliphatic heterocycles. The van der Waals surface area contributed by atoms with Crippen molar-refractivity contribution in [3.05, 3.63) is 71.7 Å². The monoisotopic (exact) mass is 348 g/mol. The molecule has 0 saturated carbocycles. The maximum atomic E-state index is 12.8. The number of nitrogens with one attached hydrogen (secondary N) is 1. The largest absolute Gasteiger partial charge is 0.497 e. The fourth-order valence-corrected chi connectivity index (χ4v) is 3.49. The third-order valence-corrected chi connectivity index (χ3v) is 4.81. The molecule has 2 aromatic carbocycles. The second-order valence-corrected chi connectivity index (χ2v) is 6.38. The first-order valence-electron chi connectivity index (χ1n) is 8.73. The van der Waals surface area contributed by atoms with Crippen molar-refractivity contribution < 1.29 is 13.9 Å². The van der Waals surface area contributed by atoms with Crippen LogP contribution in [0.3, 0.4) is 0 Å². The topological polar surface area (TPSA) is 64.4 Å². The van der Waals surface area contributed by atoms with Gasteiger partial charge in [0.1, 0.15) is 5.75 Å². The number of hydrogen-bond donors (Lipinski definition) is 1. The Labute approximate surface area is 152 Å². The van der Waals surface area contributed by atoms with Gasteiger partial charge in [0.25, 0.3) is 5.91 Å². The van der Waals surface area contributed by atoms with E-state index in [0.717, 1.165) is 30.6 Å². The van der Waals surface area contributed by atoms with Gasteiger partial charge < -0.3 is 14.5 Å². The molecule has 0 fully saturated rings. The van der Waals surface area contributed by atoms with Gasteiger partial charge in [-0.2, -0.15) is 0 Å². The summed E-state index contributed by atoms with van der Waals surface area (Å²) in [6.45, 7) is 0. The Morgan fingerprint density at radius 2 is 2.00 bits per heavy atom. The number of amides is 1. The van der Waals surface area contributed by atoms with Crippen molar-refractivity contribution in [2.24, 2.45) is 0 Å². The molecular formula is C21H20N2O3. The Bertz CT molecular complexity index is 915. The molecule has 1 aliphatic carbocycles. The number of carbonyl (C=O) groups excluding carboxylic acids is 1. The molecule has 1 aliphatic rings. The highest BCUT2D eigenvalue weighted by Crippen LogP contribution is 2.31. The zero-order valence-electron chi connectivity index (χ0n) is 14.6. The Hall–Kier alpha value is -3.08. The molecule has 3 aromatic rings. The summed E-state index contributed by atoms with van der Waals surface area (Å²) in [7, 11) is 1.62. The Morgan fingerprint density at radius 3 is 2.81 bits per heavy atom. The molecule has 1 amide bonds. The number of fused-ring (bicyclic) bond motifs is 1. The predicted molar refractivity (Wildman–Crippen MR) is 98.1 cm³/mol. The fraction of sp³-hybridized carbons (Fsp3) is 0.238. The van der Waals surface area contributed by atoms with Gasteiger partial charge >= 0.3 is 0 Å². The van der Waals surface area contributed by atoms with Gasteiger partial charge in [0, 0.05) is 5.56 Å². The van der Waals surface area contributed by atoms with Crippen LogP contribution in [0.5, 0.6) is 5.75 Å². The minimum absolute atomic E-state index is 0.00728. The summed E-state index contributed by atoms with van der Waals surface area (Å²) in [4.78, 5) is 17.0. The van der Waals surface area contributed by atoms with Crippen LogP contribution in [0.2, 0.25) is 0 Å². The van der Waals surface area contributed by atoms with Crippen LogP contribution in [0, 0.1) is 0 Å². The van der Waals surface area contributed by atoms with E-state index < -0.39 is 0 Å². The van der Waals surface area contributed by atoms with Crippen molar-refractivity contribution in [3.8, 4) is 17.1 Å². The smallest absolute Gasteiger partial charge is 0.274 e. The number of aryl methyl sites for hydroxylation is 1. The highest BCUT2D eigenvalue weighted by molar-refractivity contribution is 5.97. The lowest BCUT2D eigenvalue weighted by Crippen LogP contribution is -2.31. The van der Waals surface area contributed by atoms with Gasteiger partial charge in [-0.1, -0.05) is 24.3 Å². The molecule has 5 heteroatoms. The standard InChI is InChI=1S/C21H20N2O3/c1-25-16-11-9-15(10-12-16)20-19(22-13-26-20)21(24)23-18-8-4-6-14-5-2-3-7-17(14)18/h2-3,5,7,9-13,18H,4,6,8H2,1H3,(H,23,24). The molecule has 26 heavy (non-hydrogen) atoms. The van der Waals surface area contributed by atoms with Gasteiger partial charge in [0.2, 0.25) is 0 Å². The van der Waals surface area contributed by atoms with Crippen LogP contribution >= 0.6 is 0 Å². The summed E-state index contributed by atoms with van der Waals surface area (Å²) in [6, 6.07) is 15.7. The number of rotatable bonds is 4. The minimum Gasteiger partial charge on any atom is -0.497 e. The number of hydrogen-bond acceptors (Lipinski definition) is 4. The molecule has 0 bridgehead atoms. The average Bonchev–Trinajstić information content (AvgIpc) is 3.18. The van der Waals surface area contributed by atoms with E-state index in [2.05, 4.69) is 22.4 Å². The molecule has 5 nitrogen and oxygen atoms in total. The number of benzene rings is 2. The average molecular weight is 348 g/mol. The predicted octanol–water partition coefficient (Wildman–Crippen LogP) is 4.16. The van der Waals surface area contributed by atoms with E-state index in [1.807, 2.05) is 36.4 Å². The third-order valence-electron chi connectivity index (χ3n) is 4.81. The second-order valence-electron chi connectivity index (χ2n) is 6.38. The first-order valence-corrected chi connectivity index (χ1v) is 8.73. The molecule has 4 rings (SSSR count). The SMILES string of the molecule is COc1ccc(-c2ocnc2C(=O)NC2CCCc3ccccc32)cc1. The molecular weight excluding hydrogens is 328 g/mol. The first-order chi connectivity index (χ1) is 12.8. The Balaban J connectivity index is 1.58. The lowest BCUT2D eigenvalue weighted by Gasteiger charge is -2.26. The van der Waals surface area contributed by atoms with E-state index in [1.54, 1.807) is 7.11 Å². The second kappa shape index (κ2) is 7.04. The summed E-state index contributed by atoms with van der Waals surface area (Å²) in [5, 5.41) is 3.12. The van der Waals surface area contributed by atoms with Crippen molar-refractivity contribution in [2.75, 3.05) is 7.11 Å². The summed E-state index contributed by atoms with van der Waals surface area (Å²) < 4.78 is 10.7. The molecule has 0 saturated heterocycles. The maximum absolute atomic E-state index is 12.8. The Morgan fingerprint density at radius 1 is 1.19 bits per heavy atom. The number of methoxy groups -OCH3 is 1. The third kappa shape index (κ3) is 3.08. The van der Waals surface area contributed by atoms with Gasteiger partial charge in [0.15, 0.2) is 17.8 Å². The number of oxazole rings is 1. The van der Waals surface area contributed by atoms with Crippen LogP contribution < -0.4 is 10.1 Å². The molecule has 1 heterocycles. The van der Waals surface area contributed by atoms with Gasteiger partial charge in [-0.05, 0) is 54.7 Å². The normalized spacial score (nSPS) is 16.0. The van der Waals surface area contributed by atoms with Crippen molar-refractivity contribution in [1.29, 1.82) is 0 Å². The Kier molecular flexibility index (Phi) is 4.44. The zero-order valence-corrected chi connectivity index (χ0v) is 14.6. The summed E-state index contributed by atoms with van der Waals surface area (Å²) in [6.07, 6.45) is 4.36. The van der Waals surface area contributed by atoms with Gasteiger partial charge in [0.05, 0.1) is 13.2 Å². The molecule has 1 N–H and O–H groups in total. The van der Waals surface area contributed by atoms with E-state index >= 15 is 0 Å². The fourth-order valence-electron chi connectivity index (χ4n) is 3.49. The maximum Gasteiger partial charge on any atom is 0.274 e. The van der Waals surface area contributed by atoms with Crippen molar-refractivity contribution in [2.45, 2.75) is 25.3 Å². The molecule has 1 atom stereocenters. The molecule has 1 unspecified atom stereocenters. The summed E-state index contributed by atoms with van der Waals surface area (Å²) >= 11 is 0. The van der Waals surface area contributed by atoms with Crippen molar-refractivity contribution >= 4 is 5.91 Å². The highest BCUT2D eigenvalue weighted by atomic mass is 16.5. The quantitative estimate of drug-likeness (QED) is 0.769. The van der Waals surface area contributed by atoms with Crippen LogP contribution in [0.15, 0.2) is 59.3 Å². The molecule has 0 radical (unpaired) electrons. The number of aromatic nitrogens is 1. The van der Waals surface area contributed by atoms with Crippen LogP contribution in [0.25, 0.3) is 11.3 Å². The number of ether oxygens (including phenoxy) is 1. The summed E-state index contributed by atoms with van der Waals surface area (Å²) in [5.41, 5.74) is 3.59. The number of carbonyl (C=O) groups is 1. The van der Waals surface area contributed by atoms with E-state index in [9.17, 15) is 4.79 Å². The van der Waals surface area contributed by atoms with Gasteiger partial charge in [-0.25, -0.2) is 4.98 Å². The van der Waals surface area contributed by atoms with Crippen molar-refractivity contribution in [1.82, 2.24) is 10.3 Å². The first kappa shape index (κ1) is 16.4. The zero-order chi connectivity index (χ0) is 17.9. The molecule has 1 aromatic heterocycles. The van der Waals surface area contributed by atoms with Crippen LogP contribution in [-0.4, -0.2) is 18.0 Å². The summed E-state index contributed by atoms with van der Waals surface area (Å²) in [5.74, 6) is 0.999. The van der Waals surface area contributed by atoms with E-state index in [4.69, 9.17) is 9.15 Å². The van der Waals surface area contributed by atoms with E-state index in [0.29, 0.717) is 11.5 Å². The van der Waals surface area contributed by atoms with Crippen molar-refractivity contribution in [3.63, 3.8) is 0 Å². The van der Waals surface area contributed by atoms with Crippen LogP contribution in [-0.2, 0) is 6.42 Å². The molecule has 0 spiro atoms. The lowest BCUT2D eigenvalue weighted by molar-refractivity contribution is 0.0928. The highest BCUT2D eigenvalue weighted by Gasteiger charge is 2.25. The van der Waals surface area contributed by atoms with Gasteiger partial charge in [-0.15, -0.1) is 0 Å². The van der Waals surface area contributed by atoms with E-state index in [1.165, 1.54) is 17.5 Å². The number of nitrogens with zero attached hydrogens (tertiary/aromatic N) is 1. The van der Waals surface area contributed by atoms with E-state index in [-0.39, 0.29) is 11.9 Å². The lowest BCUT2D eigenvalue weighted by atomic mass is 9.87. The minimum atomic E-state index is -0.216. The van der Waals surface area contributed by atoms with Gasteiger partial charge in [-0.3, -0.25) is 4.79 Å². The molecule has 132 valence electrons. The van der Waals surface area contributed by atoms with Crippen LogP contribution in [0.1, 0.15) is 40.5 Å². The van der Waals surface area contributed by atoms with Crippen LogP contribution in [0.4, 0.5) is 0 Å².